The molecule has 7 nitrogen and oxygen atoms in total. The van der Waals surface area contributed by atoms with Gasteiger partial charge in [0.15, 0.2) is 0 Å². The van der Waals surface area contributed by atoms with Crippen molar-refractivity contribution in [2.75, 3.05) is 32.8 Å². The number of ether oxygens (including phenoxy) is 3. The molecule has 0 aromatic heterocycles. The van der Waals surface area contributed by atoms with Crippen molar-refractivity contribution < 1.29 is 28.6 Å². The van der Waals surface area contributed by atoms with Gasteiger partial charge in [0.25, 0.3) is 0 Å². The van der Waals surface area contributed by atoms with E-state index in [4.69, 9.17) is 14.2 Å². The number of esters is 3. The predicted molar refractivity (Wildman–Crippen MR) is 246 cm³/mol. The molecule has 0 aliphatic rings. The number of nitrogens with zero attached hydrogens (tertiary/aromatic N) is 1. The van der Waals surface area contributed by atoms with Crippen molar-refractivity contribution in [2.24, 2.45) is 11.8 Å². The molecule has 0 bridgehead atoms. The van der Waals surface area contributed by atoms with Crippen LogP contribution in [0.4, 0.5) is 0 Å². The molecule has 344 valence electrons. The van der Waals surface area contributed by atoms with Crippen LogP contribution < -0.4 is 0 Å². The maximum Gasteiger partial charge on any atom is 0.306 e. The zero-order chi connectivity index (χ0) is 42.7. The first kappa shape index (κ1) is 56.4. The summed E-state index contributed by atoms with van der Waals surface area (Å²) in [5, 5.41) is 0. The van der Waals surface area contributed by atoms with E-state index in [0.29, 0.717) is 44.3 Å². The van der Waals surface area contributed by atoms with Gasteiger partial charge in [-0.15, -0.1) is 0 Å². The Morgan fingerprint density at radius 1 is 0.397 bits per heavy atom. The van der Waals surface area contributed by atoms with Crippen LogP contribution in [0.5, 0.6) is 0 Å². The smallest absolute Gasteiger partial charge is 0.306 e. The molecular weight excluding hydrogens is 723 g/mol. The second-order valence-electron chi connectivity index (χ2n) is 17.6. The van der Waals surface area contributed by atoms with Gasteiger partial charge in [-0.25, -0.2) is 0 Å². The minimum absolute atomic E-state index is 0.00332. The Balaban J connectivity index is 4.26. The van der Waals surface area contributed by atoms with Crippen LogP contribution in [0.25, 0.3) is 0 Å². The summed E-state index contributed by atoms with van der Waals surface area (Å²) < 4.78 is 17.3. The lowest BCUT2D eigenvalue weighted by molar-refractivity contribution is -0.150. The SMILES string of the molecule is CCCCC(CCCC)CC(=O)OCCCCCCCCCCC(CCCCCCCCCCOC(=O)CC(CCCC)CCCC)OC(=O)CCCN(CC)CC. The van der Waals surface area contributed by atoms with E-state index < -0.39 is 0 Å². The van der Waals surface area contributed by atoms with Gasteiger partial charge in [0.05, 0.1) is 13.2 Å². The van der Waals surface area contributed by atoms with Gasteiger partial charge < -0.3 is 19.1 Å². The average molecular weight is 822 g/mol. The van der Waals surface area contributed by atoms with E-state index in [9.17, 15) is 14.4 Å². The van der Waals surface area contributed by atoms with E-state index in [1.54, 1.807) is 0 Å². The van der Waals surface area contributed by atoms with Crippen LogP contribution in [0.3, 0.4) is 0 Å². The number of hydrogen-bond donors (Lipinski definition) is 0. The fraction of sp³-hybridized carbons (Fsp3) is 0.941. The molecule has 0 fully saturated rings. The quantitative estimate of drug-likeness (QED) is 0.0344. The molecule has 0 aromatic rings. The highest BCUT2D eigenvalue weighted by molar-refractivity contribution is 5.70. The number of hydrogen-bond acceptors (Lipinski definition) is 7. The lowest BCUT2D eigenvalue weighted by atomic mass is 9.93. The van der Waals surface area contributed by atoms with Crippen LogP contribution in [0.1, 0.15) is 260 Å². The van der Waals surface area contributed by atoms with E-state index in [0.717, 1.165) is 103 Å². The van der Waals surface area contributed by atoms with Crippen molar-refractivity contribution in [1.29, 1.82) is 0 Å². The van der Waals surface area contributed by atoms with Crippen LogP contribution in [0, 0.1) is 11.8 Å². The summed E-state index contributed by atoms with van der Waals surface area (Å²) in [7, 11) is 0. The van der Waals surface area contributed by atoms with Crippen LogP contribution in [-0.2, 0) is 28.6 Å². The summed E-state index contributed by atoms with van der Waals surface area (Å²) in [6, 6.07) is 0. The third kappa shape index (κ3) is 37.4. The minimum atomic E-state index is -0.0193. The highest BCUT2D eigenvalue weighted by Gasteiger charge is 2.17. The van der Waals surface area contributed by atoms with Crippen molar-refractivity contribution in [3.8, 4) is 0 Å². The van der Waals surface area contributed by atoms with Crippen molar-refractivity contribution in [1.82, 2.24) is 4.90 Å². The first-order chi connectivity index (χ1) is 28.3. The molecule has 0 saturated heterocycles. The molecular formula is C51H99NO6. The average Bonchev–Trinajstić information content (AvgIpc) is 3.22. The first-order valence-electron chi connectivity index (χ1n) is 25.6. The van der Waals surface area contributed by atoms with Crippen molar-refractivity contribution in [2.45, 2.75) is 266 Å². The van der Waals surface area contributed by atoms with Crippen molar-refractivity contribution >= 4 is 17.9 Å². The zero-order valence-electron chi connectivity index (χ0n) is 39.7. The van der Waals surface area contributed by atoms with Gasteiger partial charge in [-0.2, -0.15) is 0 Å². The molecule has 0 radical (unpaired) electrons. The van der Waals surface area contributed by atoms with Crippen LogP contribution in [-0.4, -0.2) is 61.8 Å². The van der Waals surface area contributed by atoms with Gasteiger partial charge in [-0.3, -0.25) is 14.4 Å². The van der Waals surface area contributed by atoms with Crippen LogP contribution >= 0.6 is 0 Å². The number of carbonyl (C=O) groups excluding carboxylic acids is 3. The van der Waals surface area contributed by atoms with Crippen molar-refractivity contribution in [3.05, 3.63) is 0 Å². The van der Waals surface area contributed by atoms with E-state index in [1.165, 1.54) is 116 Å². The zero-order valence-corrected chi connectivity index (χ0v) is 39.7. The summed E-state index contributed by atoms with van der Waals surface area (Å²) in [4.78, 5) is 39.9. The fourth-order valence-electron chi connectivity index (χ4n) is 8.19. The Kier molecular flexibility index (Phi) is 42.2. The molecule has 0 saturated carbocycles. The second-order valence-corrected chi connectivity index (χ2v) is 17.6. The third-order valence-corrected chi connectivity index (χ3v) is 12.2. The van der Waals surface area contributed by atoms with Gasteiger partial charge in [0, 0.05) is 19.3 Å². The molecule has 0 aromatic carbocycles. The van der Waals surface area contributed by atoms with E-state index in [2.05, 4.69) is 46.4 Å². The lowest BCUT2D eigenvalue weighted by Gasteiger charge is -2.20. The van der Waals surface area contributed by atoms with Gasteiger partial charge in [-0.05, 0) is 102 Å². The molecule has 0 aliphatic carbocycles. The molecule has 0 aliphatic heterocycles. The highest BCUT2D eigenvalue weighted by atomic mass is 16.5. The number of rotatable bonds is 45. The largest absolute Gasteiger partial charge is 0.466 e. The molecule has 0 spiro atoms. The topological polar surface area (TPSA) is 82.1 Å². The maximum atomic E-state index is 12.8. The Morgan fingerprint density at radius 2 is 0.741 bits per heavy atom. The molecule has 58 heavy (non-hydrogen) atoms. The van der Waals surface area contributed by atoms with E-state index in [-0.39, 0.29) is 24.0 Å². The Labute approximate surface area is 361 Å². The van der Waals surface area contributed by atoms with Gasteiger partial charge in [-0.1, -0.05) is 170 Å². The van der Waals surface area contributed by atoms with Gasteiger partial charge in [0.1, 0.15) is 6.10 Å². The molecule has 0 rings (SSSR count). The van der Waals surface area contributed by atoms with E-state index >= 15 is 0 Å². The van der Waals surface area contributed by atoms with Gasteiger partial charge in [0.2, 0.25) is 0 Å². The molecule has 0 heterocycles. The summed E-state index contributed by atoms with van der Waals surface area (Å²) in [6.45, 7) is 17.4. The fourth-order valence-corrected chi connectivity index (χ4v) is 8.19. The summed E-state index contributed by atoms with van der Waals surface area (Å²) in [6.07, 6.45) is 37.5. The maximum absolute atomic E-state index is 12.8. The molecule has 0 atom stereocenters. The van der Waals surface area contributed by atoms with Crippen molar-refractivity contribution in [3.63, 3.8) is 0 Å². The minimum Gasteiger partial charge on any atom is -0.466 e. The first-order valence-corrected chi connectivity index (χ1v) is 25.6. The van der Waals surface area contributed by atoms with E-state index in [1.807, 2.05) is 0 Å². The summed E-state index contributed by atoms with van der Waals surface area (Å²) >= 11 is 0. The van der Waals surface area contributed by atoms with Gasteiger partial charge >= 0.3 is 17.9 Å². The van der Waals surface area contributed by atoms with Crippen LogP contribution in [0.2, 0.25) is 0 Å². The molecule has 7 heteroatoms. The molecule has 0 unspecified atom stereocenters. The summed E-state index contributed by atoms with van der Waals surface area (Å²) in [5.74, 6) is 0.976. The summed E-state index contributed by atoms with van der Waals surface area (Å²) in [5.41, 5.74) is 0. The second kappa shape index (κ2) is 43.5. The molecule has 0 N–H and O–H groups in total. The Bertz CT molecular complexity index is 835. The Morgan fingerprint density at radius 3 is 1.09 bits per heavy atom. The Hall–Kier alpha value is -1.63. The third-order valence-electron chi connectivity index (χ3n) is 12.2. The predicted octanol–water partition coefficient (Wildman–Crippen LogP) is 14.9. The standard InChI is InChI=1S/C51H99NO6/c1-7-13-34-46(35-14-8-2)44-50(54)56-42-31-27-23-19-17-21-25-29-38-48(58-49(53)40-33-41-52(11-5)12-6)39-30-26-22-18-20-24-28-32-43-57-51(55)45-47(36-15-9-3)37-16-10-4/h46-48H,7-45H2,1-6H3. The monoisotopic (exact) mass is 822 g/mol. The normalized spacial score (nSPS) is 11.7. The molecule has 0 amide bonds. The lowest BCUT2D eigenvalue weighted by Crippen LogP contribution is -2.25. The highest BCUT2D eigenvalue weighted by Crippen LogP contribution is 2.23. The number of unbranched alkanes of at least 4 members (excludes halogenated alkanes) is 18. The number of carbonyl (C=O) groups is 3. The van der Waals surface area contributed by atoms with Crippen LogP contribution in [0.15, 0.2) is 0 Å².